The predicted molar refractivity (Wildman–Crippen MR) is 59.2 cm³/mol. The van der Waals surface area contributed by atoms with E-state index in [9.17, 15) is 9.59 Å². The van der Waals surface area contributed by atoms with Crippen LogP contribution in [-0.4, -0.2) is 44.9 Å². The third-order valence-electron chi connectivity index (χ3n) is 3.32. The minimum absolute atomic E-state index is 0.287. The molecule has 1 atom stereocenters. The van der Waals surface area contributed by atoms with Gasteiger partial charge in [-0.05, 0) is 13.3 Å². The minimum atomic E-state index is -1.24. The number of carbonyl (C=O) groups excluding carboxylic acids is 1. The maximum atomic E-state index is 11.9. The van der Waals surface area contributed by atoms with Crippen LogP contribution in [0.1, 0.15) is 19.0 Å². The van der Waals surface area contributed by atoms with Gasteiger partial charge >= 0.3 is 5.97 Å². The normalized spacial score (nSPS) is 24.3. The largest absolute Gasteiger partial charge is 0.480 e. The highest BCUT2D eigenvalue weighted by Crippen LogP contribution is 2.31. The fraction of sp³-hybridized carbons (Fsp3) is 0.545. The van der Waals surface area contributed by atoms with Crippen LogP contribution in [0, 0.1) is 5.41 Å². The summed E-state index contributed by atoms with van der Waals surface area (Å²) in [5.41, 5.74) is -0.296. The number of imidazole rings is 1. The van der Waals surface area contributed by atoms with Crippen molar-refractivity contribution in [2.75, 3.05) is 13.1 Å². The van der Waals surface area contributed by atoms with Crippen molar-refractivity contribution in [3.63, 3.8) is 0 Å². The van der Waals surface area contributed by atoms with E-state index in [0.29, 0.717) is 25.9 Å². The van der Waals surface area contributed by atoms with Crippen LogP contribution in [-0.2, 0) is 16.0 Å². The molecule has 1 aliphatic heterocycles. The van der Waals surface area contributed by atoms with Crippen molar-refractivity contribution in [1.29, 1.82) is 0 Å². The molecule has 1 aromatic heterocycles. The maximum absolute atomic E-state index is 11.9. The molecule has 0 spiro atoms. The van der Waals surface area contributed by atoms with Crippen LogP contribution in [0.4, 0.5) is 0 Å². The van der Waals surface area contributed by atoms with Crippen LogP contribution >= 0.6 is 0 Å². The molecule has 1 aliphatic rings. The van der Waals surface area contributed by atoms with Gasteiger partial charge in [0.05, 0.1) is 6.33 Å². The quantitative estimate of drug-likeness (QED) is 0.736. The first-order valence-corrected chi connectivity index (χ1v) is 5.54. The summed E-state index contributed by atoms with van der Waals surface area (Å²) < 4.78 is 0. The lowest BCUT2D eigenvalue weighted by atomic mass is 9.89. The van der Waals surface area contributed by atoms with E-state index in [0.717, 1.165) is 5.69 Å². The third-order valence-corrected chi connectivity index (χ3v) is 3.32. The summed E-state index contributed by atoms with van der Waals surface area (Å²) in [6.07, 6.45) is 4.34. The van der Waals surface area contributed by atoms with Gasteiger partial charge in [-0.25, -0.2) is 4.98 Å². The Balaban J connectivity index is 1.96. The monoisotopic (exact) mass is 237 g/mol. The fourth-order valence-corrected chi connectivity index (χ4v) is 2.00. The highest BCUT2D eigenvalue weighted by molar-refractivity contribution is 6.02. The molecule has 92 valence electrons. The van der Waals surface area contributed by atoms with Crippen LogP contribution in [0.2, 0.25) is 0 Å². The number of hydrogen-bond acceptors (Lipinski definition) is 3. The van der Waals surface area contributed by atoms with Crippen molar-refractivity contribution in [2.24, 2.45) is 5.41 Å². The van der Waals surface area contributed by atoms with Crippen molar-refractivity contribution < 1.29 is 14.7 Å². The van der Waals surface area contributed by atoms with Crippen molar-refractivity contribution in [3.8, 4) is 0 Å². The number of amides is 1. The number of hydrogen-bond donors (Lipinski definition) is 2. The zero-order chi connectivity index (χ0) is 12.5. The van der Waals surface area contributed by atoms with Crippen molar-refractivity contribution in [3.05, 3.63) is 18.2 Å². The van der Waals surface area contributed by atoms with Crippen molar-refractivity contribution in [2.45, 2.75) is 19.8 Å². The van der Waals surface area contributed by atoms with Gasteiger partial charge in [0.1, 0.15) is 5.41 Å². The zero-order valence-corrected chi connectivity index (χ0v) is 9.64. The highest BCUT2D eigenvalue weighted by Gasteiger charge is 2.48. The Labute approximate surface area is 98.7 Å². The number of aliphatic carboxylic acids is 1. The van der Waals surface area contributed by atoms with E-state index in [4.69, 9.17) is 5.11 Å². The molecule has 6 heteroatoms. The van der Waals surface area contributed by atoms with Gasteiger partial charge in [0, 0.05) is 31.4 Å². The molecule has 0 bridgehead atoms. The van der Waals surface area contributed by atoms with Gasteiger partial charge in [-0.3, -0.25) is 9.59 Å². The van der Waals surface area contributed by atoms with Crippen LogP contribution in [0.3, 0.4) is 0 Å². The Morgan fingerprint density at radius 1 is 1.71 bits per heavy atom. The van der Waals surface area contributed by atoms with E-state index in [1.54, 1.807) is 17.4 Å². The number of likely N-dealkylation sites (tertiary alicyclic amines) is 1. The first-order valence-electron chi connectivity index (χ1n) is 5.54. The first-order chi connectivity index (χ1) is 8.04. The Morgan fingerprint density at radius 2 is 2.47 bits per heavy atom. The number of rotatable bonds is 4. The Kier molecular flexibility index (Phi) is 2.87. The second kappa shape index (κ2) is 4.20. The molecule has 2 rings (SSSR count). The molecule has 1 saturated heterocycles. The lowest BCUT2D eigenvalue weighted by Crippen LogP contribution is -2.38. The second-order valence-electron chi connectivity index (χ2n) is 4.51. The van der Waals surface area contributed by atoms with E-state index in [2.05, 4.69) is 9.97 Å². The summed E-state index contributed by atoms with van der Waals surface area (Å²) >= 11 is 0. The predicted octanol–water partition coefficient (Wildman–Crippen LogP) is 0.275. The van der Waals surface area contributed by atoms with Crippen molar-refractivity contribution in [1.82, 2.24) is 14.9 Å². The topological polar surface area (TPSA) is 86.3 Å². The second-order valence-corrected chi connectivity index (χ2v) is 4.51. The summed E-state index contributed by atoms with van der Waals surface area (Å²) in [6.45, 7) is 2.54. The summed E-state index contributed by atoms with van der Waals surface area (Å²) in [6, 6.07) is 0. The molecule has 0 aliphatic carbocycles. The molecule has 1 unspecified atom stereocenters. The average molecular weight is 237 g/mol. The van der Waals surface area contributed by atoms with Crippen LogP contribution in [0.5, 0.6) is 0 Å². The van der Waals surface area contributed by atoms with E-state index >= 15 is 0 Å². The van der Waals surface area contributed by atoms with Gasteiger partial charge in [0.15, 0.2) is 0 Å². The average Bonchev–Trinajstić information content (AvgIpc) is 2.88. The summed E-state index contributed by atoms with van der Waals surface area (Å²) in [5, 5.41) is 9.05. The number of H-pyrrole nitrogens is 1. The smallest absolute Gasteiger partial charge is 0.318 e. The number of aromatic amines is 1. The molecule has 17 heavy (non-hydrogen) atoms. The molecule has 0 radical (unpaired) electrons. The number of aromatic nitrogens is 2. The van der Waals surface area contributed by atoms with Crippen LogP contribution in [0.25, 0.3) is 0 Å². The molecule has 0 saturated carbocycles. The van der Waals surface area contributed by atoms with E-state index in [1.165, 1.54) is 6.92 Å². The van der Waals surface area contributed by atoms with Gasteiger partial charge in [0.25, 0.3) is 0 Å². The molecule has 1 aromatic rings. The maximum Gasteiger partial charge on any atom is 0.318 e. The Hall–Kier alpha value is -1.85. The molecule has 1 amide bonds. The molecule has 1 fully saturated rings. The van der Waals surface area contributed by atoms with Crippen molar-refractivity contribution >= 4 is 11.9 Å². The Morgan fingerprint density at radius 3 is 3.00 bits per heavy atom. The first kappa shape index (κ1) is 11.6. The third kappa shape index (κ3) is 2.02. The number of nitrogens with one attached hydrogen (secondary N) is 1. The molecular weight excluding hydrogens is 222 g/mol. The molecule has 0 aromatic carbocycles. The number of carboxylic acids is 1. The van der Waals surface area contributed by atoms with Gasteiger partial charge in [-0.15, -0.1) is 0 Å². The number of nitrogens with zero attached hydrogens (tertiary/aromatic N) is 2. The zero-order valence-electron chi connectivity index (χ0n) is 9.64. The van der Waals surface area contributed by atoms with E-state index < -0.39 is 11.4 Å². The summed E-state index contributed by atoms with van der Waals surface area (Å²) in [7, 11) is 0. The summed E-state index contributed by atoms with van der Waals surface area (Å²) in [5.74, 6) is -1.32. The molecule has 2 N–H and O–H groups in total. The van der Waals surface area contributed by atoms with Gasteiger partial charge in [0.2, 0.25) is 5.91 Å². The minimum Gasteiger partial charge on any atom is -0.480 e. The molecule has 2 heterocycles. The van der Waals surface area contributed by atoms with E-state index in [-0.39, 0.29) is 5.91 Å². The van der Waals surface area contributed by atoms with Gasteiger partial charge in [-0.2, -0.15) is 0 Å². The lowest BCUT2D eigenvalue weighted by Gasteiger charge is -2.19. The summed E-state index contributed by atoms with van der Waals surface area (Å²) in [4.78, 5) is 31.4. The standard InChI is InChI=1S/C11H15N3O3/c1-11(10(16)17)3-5-14(9(11)15)4-2-8-6-12-7-13-8/h6-7H,2-5H2,1H3,(H,12,13)(H,16,17). The van der Waals surface area contributed by atoms with Gasteiger partial charge in [-0.1, -0.05) is 0 Å². The molecular formula is C11H15N3O3. The van der Waals surface area contributed by atoms with Gasteiger partial charge < -0.3 is 15.0 Å². The SMILES string of the molecule is CC1(C(=O)O)CCN(CCc2cnc[nH]2)C1=O. The highest BCUT2D eigenvalue weighted by atomic mass is 16.4. The number of carbonyl (C=O) groups is 2. The lowest BCUT2D eigenvalue weighted by molar-refractivity contribution is -0.154. The van der Waals surface area contributed by atoms with E-state index in [1.807, 2.05) is 0 Å². The van der Waals surface area contributed by atoms with Crippen LogP contribution < -0.4 is 0 Å². The fourth-order valence-electron chi connectivity index (χ4n) is 2.00. The van der Waals surface area contributed by atoms with Crippen LogP contribution in [0.15, 0.2) is 12.5 Å². The Bertz CT molecular complexity index is 429. The number of carboxylic acid groups (broad SMARTS) is 1. The molecule has 6 nitrogen and oxygen atoms in total.